The molecule has 2 aromatic carbocycles. The Balaban J connectivity index is 2.22. The lowest BCUT2D eigenvalue weighted by atomic mass is 9.97. The summed E-state index contributed by atoms with van der Waals surface area (Å²) < 4.78 is 0. The summed E-state index contributed by atoms with van der Waals surface area (Å²) in [4.78, 5) is 0. The molecule has 19 heavy (non-hydrogen) atoms. The van der Waals surface area contributed by atoms with E-state index < -0.39 is 0 Å². The van der Waals surface area contributed by atoms with Crippen LogP contribution in [0.5, 0.6) is 0 Å². The van der Waals surface area contributed by atoms with Crippen molar-refractivity contribution in [1.82, 2.24) is 0 Å². The molecule has 0 aliphatic carbocycles. The van der Waals surface area contributed by atoms with E-state index in [1.807, 2.05) is 0 Å². The van der Waals surface area contributed by atoms with Gasteiger partial charge in [0.05, 0.1) is 0 Å². The second-order valence-electron chi connectivity index (χ2n) is 5.32. The smallest absolute Gasteiger partial charge is 0.00741 e. The fraction of sp³-hybridized carbons (Fsp3) is 0.444. The maximum atomic E-state index is 5.63. The Kier molecular flexibility index (Phi) is 5.41. The van der Waals surface area contributed by atoms with Crippen LogP contribution in [0.3, 0.4) is 0 Å². The van der Waals surface area contributed by atoms with Crippen LogP contribution in [0.4, 0.5) is 0 Å². The molecule has 1 nitrogen and oxygen atoms in total. The van der Waals surface area contributed by atoms with Crippen LogP contribution in [0.25, 0.3) is 10.8 Å². The molecule has 0 amide bonds. The molecular weight excluding hydrogens is 230 g/mol. The molecule has 1 heteroatoms. The highest BCUT2D eigenvalue weighted by molar-refractivity contribution is 5.86. The van der Waals surface area contributed by atoms with Gasteiger partial charge < -0.3 is 5.73 Å². The lowest BCUT2D eigenvalue weighted by molar-refractivity contribution is 0.718. The molecule has 0 aromatic heterocycles. The number of rotatable bonds is 7. The van der Waals surface area contributed by atoms with Crippen molar-refractivity contribution in [1.29, 1.82) is 0 Å². The van der Waals surface area contributed by atoms with E-state index in [2.05, 4.69) is 43.3 Å². The van der Waals surface area contributed by atoms with Crippen LogP contribution >= 0.6 is 0 Å². The van der Waals surface area contributed by atoms with Gasteiger partial charge in [-0.05, 0) is 54.1 Å². The molecule has 0 saturated heterocycles. The van der Waals surface area contributed by atoms with Gasteiger partial charge in [0.15, 0.2) is 0 Å². The number of benzene rings is 2. The average molecular weight is 255 g/mol. The van der Waals surface area contributed by atoms with Gasteiger partial charge in [-0.1, -0.05) is 56.2 Å². The summed E-state index contributed by atoms with van der Waals surface area (Å²) >= 11 is 0. The molecule has 0 spiro atoms. The summed E-state index contributed by atoms with van der Waals surface area (Å²) in [5.74, 6) is 0. The van der Waals surface area contributed by atoms with E-state index in [0.717, 1.165) is 19.4 Å². The Hall–Kier alpha value is -1.34. The zero-order valence-corrected chi connectivity index (χ0v) is 12.0. The van der Waals surface area contributed by atoms with E-state index in [9.17, 15) is 0 Å². The predicted octanol–water partition coefficient (Wildman–Crippen LogP) is 4.46. The van der Waals surface area contributed by atoms with Crippen molar-refractivity contribution in [2.45, 2.75) is 45.4 Å². The Morgan fingerprint density at radius 3 is 2.63 bits per heavy atom. The molecule has 0 radical (unpaired) electrons. The van der Waals surface area contributed by atoms with Crippen molar-refractivity contribution in [3.05, 3.63) is 47.5 Å². The number of fused-ring (bicyclic) bond motifs is 1. The third-order valence-corrected chi connectivity index (χ3v) is 3.76. The third-order valence-electron chi connectivity index (χ3n) is 3.76. The van der Waals surface area contributed by atoms with Crippen LogP contribution in [0, 0.1) is 0 Å². The van der Waals surface area contributed by atoms with Gasteiger partial charge >= 0.3 is 0 Å². The first-order valence-electron chi connectivity index (χ1n) is 7.55. The van der Waals surface area contributed by atoms with E-state index in [0.29, 0.717) is 0 Å². The van der Waals surface area contributed by atoms with Gasteiger partial charge in [0.2, 0.25) is 0 Å². The molecule has 0 fully saturated rings. The Bertz CT molecular complexity index is 516. The first-order valence-corrected chi connectivity index (χ1v) is 7.55. The molecule has 2 rings (SSSR count). The highest BCUT2D eigenvalue weighted by atomic mass is 14.5. The van der Waals surface area contributed by atoms with Crippen molar-refractivity contribution in [3.8, 4) is 0 Å². The summed E-state index contributed by atoms with van der Waals surface area (Å²) in [5.41, 5.74) is 8.55. The van der Waals surface area contributed by atoms with Crippen molar-refractivity contribution in [2.75, 3.05) is 6.54 Å². The van der Waals surface area contributed by atoms with Crippen LogP contribution in [0.15, 0.2) is 36.4 Å². The van der Waals surface area contributed by atoms with Gasteiger partial charge in [0.1, 0.15) is 0 Å². The highest BCUT2D eigenvalue weighted by Gasteiger charge is 2.02. The van der Waals surface area contributed by atoms with Gasteiger partial charge in [-0.15, -0.1) is 0 Å². The largest absolute Gasteiger partial charge is 0.330 e. The molecule has 0 aliphatic heterocycles. The topological polar surface area (TPSA) is 26.0 Å². The molecular formula is C18H25N. The molecule has 2 N–H and O–H groups in total. The minimum Gasteiger partial charge on any atom is -0.330 e. The summed E-state index contributed by atoms with van der Waals surface area (Å²) in [6.07, 6.45) is 7.27. The van der Waals surface area contributed by atoms with Crippen LogP contribution in [0.1, 0.15) is 43.7 Å². The number of unbranched alkanes of at least 4 members (excludes halogenated alkanes) is 2. The minimum absolute atomic E-state index is 0.770. The van der Waals surface area contributed by atoms with Crippen molar-refractivity contribution in [3.63, 3.8) is 0 Å². The second-order valence-corrected chi connectivity index (χ2v) is 5.32. The Morgan fingerprint density at radius 1 is 0.947 bits per heavy atom. The second kappa shape index (κ2) is 7.30. The molecule has 0 saturated carbocycles. The SMILES string of the molecule is CCCCCc1ccc2cccc(CCCN)c2c1. The zero-order chi connectivity index (χ0) is 13.5. The van der Waals surface area contributed by atoms with Crippen LogP contribution < -0.4 is 5.73 Å². The summed E-state index contributed by atoms with van der Waals surface area (Å²) in [7, 11) is 0. The van der Waals surface area contributed by atoms with Crippen LogP contribution in [-0.2, 0) is 12.8 Å². The van der Waals surface area contributed by atoms with Crippen LogP contribution in [0.2, 0.25) is 0 Å². The van der Waals surface area contributed by atoms with E-state index in [-0.39, 0.29) is 0 Å². The monoisotopic (exact) mass is 255 g/mol. The lowest BCUT2D eigenvalue weighted by Gasteiger charge is -2.08. The Labute approximate surface area is 116 Å². The van der Waals surface area contributed by atoms with Gasteiger partial charge in [-0.2, -0.15) is 0 Å². The Morgan fingerprint density at radius 2 is 1.84 bits per heavy atom. The van der Waals surface area contributed by atoms with E-state index in [1.165, 1.54) is 47.6 Å². The standard InChI is InChI=1S/C18H25N/c1-2-3-4-7-15-11-12-17-9-5-8-16(10-6-13-19)18(17)14-15/h5,8-9,11-12,14H,2-4,6-7,10,13,19H2,1H3. The first-order chi connectivity index (χ1) is 9.35. The summed E-state index contributed by atoms with van der Waals surface area (Å²) in [6, 6.07) is 13.5. The minimum atomic E-state index is 0.770. The lowest BCUT2D eigenvalue weighted by Crippen LogP contribution is -2.00. The average Bonchev–Trinajstić information content (AvgIpc) is 2.45. The fourth-order valence-electron chi connectivity index (χ4n) is 2.63. The van der Waals surface area contributed by atoms with Gasteiger partial charge in [0.25, 0.3) is 0 Å². The summed E-state index contributed by atoms with van der Waals surface area (Å²) in [6.45, 7) is 3.03. The van der Waals surface area contributed by atoms with Crippen molar-refractivity contribution >= 4 is 10.8 Å². The maximum absolute atomic E-state index is 5.63. The van der Waals surface area contributed by atoms with Crippen molar-refractivity contribution in [2.24, 2.45) is 5.73 Å². The quantitative estimate of drug-likeness (QED) is 0.726. The molecule has 0 bridgehead atoms. The third kappa shape index (κ3) is 3.81. The van der Waals surface area contributed by atoms with E-state index >= 15 is 0 Å². The first kappa shape index (κ1) is 14.1. The molecule has 0 aliphatic rings. The van der Waals surface area contributed by atoms with Crippen molar-refractivity contribution < 1.29 is 0 Å². The van der Waals surface area contributed by atoms with Crippen LogP contribution in [-0.4, -0.2) is 6.54 Å². The molecule has 2 aromatic rings. The molecule has 102 valence electrons. The normalized spacial score (nSPS) is 11.1. The van der Waals surface area contributed by atoms with Gasteiger partial charge in [0, 0.05) is 0 Å². The molecule has 0 unspecified atom stereocenters. The highest BCUT2D eigenvalue weighted by Crippen LogP contribution is 2.22. The zero-order valence-electron chi connectivity index (χ0n) is 12.0. The predicted molar refractivity (Wildman–Crippen MR) is 84.6 cm³/mol. The number of hydrogen-bond donors (Lipinski definition) is 1. The fourth-order valence-corrected chi connectivity index (χ4v) is 2.63. The molecule has 0 atom stereocenters. The maximum Gasteiger partial charge on any atom is -0.00741 e. The number of nitrogens with two attached hydrogens (primary N) is 1. The summed E-state index contributed by atoms with van der Waals surface area (Å²) in [5, 5.41) is 2.78. The number of aryl methyl sites for hydroxylation is 2. The van der Waals surface area contributed by atoms with Gasteiger partial charge in [-0.3, -0.25) is 0 Å². The van der Waals surface area contributed by atoms with E-state index in [1.54, 1.807) is 0 Å². The van der Waals surface area contributed by atoms with Gasteiger partial charge in [-0.25, -0.2) is 0 Å². The van der Waals surface area contributed by atoms with E-state index in [4.69, 9.17) is 5.73 Å². The number of hydrogen-bond acceptors (Lipinski definition) is 1. The molecule has 0 heterocycles.